The zero-order valence-corrected chi connectivity index (χ0v) is 12.2. The number of benzene rings is 1. The van der Waals surface area contributed by atoms with Crippen molar-refractivity contribution in [3.8, 4) is 0 Å². The van der Waals surface area contributed by atoms with E-state index in [1.165, 1.54) is 17.7 Å². The first-order valence-electron chi connectivity index (χ1n) is 6.13. The first kappa shape index (κ1) is 13.9. The molecule has 18 heavy (non-hydrogen) atoms. The third-order valence-corrected chi connectivity index (χ3v) is 3.93. The summed E-state index contributed by atoms with van der Waals surface area (Å²) in [6.45, 7) is 4.45. The minimum Gasteiger partial charge on any atom is -0.207 e. The Balaban J connectivity index is 2.18. The van der Waals surface area contributed by atoms with Gasteiger partial charge in [-0.15, -0.1) is 11.6 Å². The van der Waals surface area contributed by atoms with Crippen molar-refractivity contribution in [2.75, 3.05) is 0 Å². The Labute approximate surface area is 118 Å². The summed E-state index contributed by atoms with van der Waals surface area (Å²) in [5.41, 5.74) is 2.48. The van der Waals surface area contributed by atoms with E-state index in [-0.39, 0.29) is 16.6 Å². The minimum atomic E-state index is -0.295. The van der Waals surface area contributed by atoms with E-state index in [0.29, 0.717) is 5.02 Å². The fraction of sp³-hybridized carbons (Fsp3) is 0.467. The second-order valence-corrected chi connectivity index (χ2v) is 6.77. The number of rotatable bonds is 2. The van der Waals surface area contributed by atoms with Gasteiger partial charge in [0.2, 0.25) is 0 Å². The lowest BCUT2D eigenvalue weighted by atomic mass is 9.76. The first-order chi connectivity index (χ1) is 8.35. The van der Waals surface area contributed by atoms with Crippen LogP contribution in [-0.2, 0) is 6.42 Å². The van der Waals surface area contributed by atoms with E-state index in [1.807, 2.05) is 0 Å². The molecule has 1 aromatic rings. The normalized spacial score (nSPS) is 22.7. The highest BCUT2D eigenvalue weighted by molar-refractivity contribution is 6.31. The molecule has 0 saturated carbocycles. The predicted octanol–water partition coefficient (Wildman–Crippen LogP) is 5.38. The third kappa shape index (κ3) is 3.49. The van der Waals surface area contributed by atoms with Crippen molar-refractivity contribution in [3.05, 3.63) is 46.3 Å². The lowest BCUT2D eigenvalue weighted by Gasteiger charge is -2.32. The standard InChI is InChI=1S/C15H17Cl2F/c1-15(2)8-10(6-12(16)9-15)5-11-3-4-13(18)7-14(11)17/h3-4,6-7,12H,5,8-9H2,1-2H3. The summed E-state index contributed by atoms with van der Waals surface area (Å²) in [6.07, 6.45) is 4.89. The number of hydrogen-bond acceptors (Lipinski definition) is 0. The van der Waals surface area contributed by atoms with Crippen LogP contribution >= 0.6 is 23.2 Å². The maximum absolute atomic E-state index is 13.0. The van der Waals surface area contributed by atoms with Crippen LogP contribution in [0.25, 0.3) is 0 Å². The molecule has 0 nitrogen and oxygen atoms in total. The van der Waals surface area contributed by atoms with Crippen LogP contribution in [0.15, 0.2) is 29.8 Å². The average molecular weight is 287 g/mol. The highest BCUT2D eigenvalue weighted by Gasteiger charge is 2.27. The van der Waals surface area contributed by atoms with Crippen molar-refractivity contribution in [2.24, 2.45) is 5.41 Å². The van der Waals surface area contributed by atoms with Gasteiger partial charge in [0, 0.05) is 5.02 Å². The molecule has 98 valence electrons. The van der Waals surface area contributed by atoms with E-state index in [4.69, 9.17) is 23.2 Å². The van der Waals surface area contributed by atoms with Gasteiger partial charge in [0.25, 0.3) is 0 Å². The third-order valence-electron chi connectivity index (χ3n) is 3.30. The van der Waals surface area contributed by atoms with Crippen molar-refractivity contribution in [3.63, 3.8) is 0 Å². The molecule has 0 N–H and O–H groups in total. The van der Waals surface area contributed by atoms with Crippen LogP contribution in [0.3, 0.4) is 0 Å². The second-order valence-electron chi connectivity index (χ2n) is 5.80. The van der Waals surface area contributed by atoms with Crippen LogP contribution in [0.1, 0.15) is 32.3 Å². The Morgan fingerprint density at radius 1 is 1.39 bits per heavy atom. The van der Waals surface area contributed by atoms with E-state index < -0.39 is 0 Å². The largest absolute Gasteiger partial charge is 0.207 e. The molecular formula is C15H17Cl2F. The van der Waals surface area contributed by atoms with Gasteiger partial charge in [-0.25, -0.2) is 4.39 Å². The number of allylic oxidation sites excluding steroid dienone is 2. The summed E-state index contributed by atoms with van der Waals surface area (Å²) in [7, 11) is 0. The first-order valence-corrected chi connectivity index (χ1v) is 6.95. The molecule has 0 spiro atoms. The molecule has 1 atom stereocenters. The fourth-order valence-electron chi connectivity index (χ4n) is 2.62. The summed E-state index contributed by atoms with van der Waals surface area (Å²) in [5.74, 6) is -0.295. The maximum Gasteiger partial charge on any atom is 0.124 e. The summed E-state index contributed by atoms with van der Waals surface area (Å²) >= 11 is 12.3. The molecule has 0 radical (unpaired) electrons. The molecule has 1 aliphatic rings. The number of hydrogen-bond donors (Lipinski definition) is 0. The van der Waals surface area contributed by atoms with E-state index in [9.17, 15) is 4.39 Å². The Morgan fingerprint density at radius 3 is 2.72 bits per heavy atom. The van der Waals surface area contributed by atoms with Crippen LogP contribution < -0.4 is 0 Å². The molecule has 0 amide bonds. The molecule has 0 fully saturated rings. The van der Waals surface area contributed by atoms with Crippen molar-refractivity contribution < 1.29 is 4.39 Å². The molecule has 0 heterocycles. The fourth-order valence-corrected chi connectivity index (χ4v) is 3.45. The van der Waals surface area contributed by atoms with Crippen LogP contribution in [0.2, 0.25) is 5.02 Å². The van der Waals surface area contributed by atoms with Gasteiger partial charge in [-0.05, 0) is 42.4 Å². The van der Waals surface area contributed by atoms with Crippen molar-refractivity contribution in [2.45, 2.75) is 38.5 Å². The van der Waals surface area contributed by atoms with Gasteiger partial charge < -0.3 is 0 Å². The Kier molecular flexibility index (Phi) is 4.03. The Hall–Kier alpha value is -0.530. The molecule has 0 aromatic heterocycles. The molecule has 1 aromatic carbocycles. The van der Waals surface area contributed by atoms with Crippen LogP contribution in [0.4, 0.5) is 4.39 Å². The molecule has 2 rings (SSSR count). The zero-order chi connectivity index (χ0) is 13.3. The van der Waals surface area contributed by atoms with E-state index in [2.05, 4.69) is 19.9 Å². The average Bonchev–Trinajstić information content (AvgIpc) is 2.19. The maximum atomic E-state index is 13.0. The van der Waals surface area contributed by atoms with Crippen LogP contribution in [-0.4, -0.2) is 5.38 Å². The smallest absolute Gasteiger partial charge is 0.124 e. The summed E-state index contributed by atoms with van der Waals surface area (Å²) in [4.78, 5) is 0. The number of halogens is 3. The molecule has 1 unspecified atom stereocenters. The SMILES string of the molecule is CC1(C)CC(Cc2ccc(F)cc2Cl)=CC(Cl)C1. The topological polar surface area (TPSA) is 0 Å². The van der Waals surface area contributed by atoms with Crippen LogP contribution in [0.5, 0.6) is 0 Å². The summed E-state index contributed by atoms with van der Waals surface area (Å²) in [6, 6.07) is 4.57. The molecular weight excluding hydrogens is 270 g/mol. The molecule has 0 aliphatic heterocycles. The predicted molar refractivity (Wildman–Crippen MR) is 75.9 cm³/mol. The monoisotopic (exact) mass is 286 g/mol. The molecule has 3 heteroatoms. The van der Waals surface area contributed by atoms with Gasteiger partial charge in [-0.2, -0.15) is 0 Å². The lowest BCUT2D eigenvalue weighted by Crippen LogP contribution is -2.22. The van der Waals surface area contributed by atoms with Gasteiger partial charge in [0.1, 0.15) is 5.82 Å². The van der Waals surface area contributed by atoms with Gasteiger partial charge in [-0.3, -0.25) is 0 Å². The lowest BCUT2D eigenvalue weighted by molar-refractivity contribution is 0.320. The summed E-state index contributed by atoms with van der Waals surface area (Å²) in [5, 5.41) is 0.577. The quantitative estimate of drug-likeness (QED) is 0.506. The van der Waals surface area contributed by atoms with Gasteiger partial charge in [0.15, 0.2) is 0 Å². The molecule has 0 saturated heterocycles. The Bertz CT molecular complexity index is 477. The second kappa shape index (κ2) is 5.22. The van der Waals surface area contributed by atoms with Gasteiger partial charge in [-0.1, -0.05) is 43.2 Å². The summed E-state index contributed by atoms with van der Waals surface area (Å²) < 4.78 is 13.0. The Morgan fingerprint density at radius 2 is 2.11 bits per heavy atom. The molecule has 0 bridgehead atoms. The highest BCUT2D eigenvalue weighted by atomic mass is 35.5. The van der Waals surface area contributed by atoms with Crippen molar-refractivity contribution in [1.29, 1.82) is 0 Å². The van der Waals surface area contributed by atoms with Crippen LogP contribution in [0, 0.1) is 11.2 Å². The van der Waals surface area contributed by atoms with Gasteiger partial charge in [0.05, 0.1) is 5.38 Å². The number of alkyl halides is 1. The van der Waals surface area contributed by atoms with Crippen molar-refractivity contribution in [1.82, 2.24) is 0 Å². The van der Waals surface area contributed by atoms with E-state index in [0.717, 1.165) is 24.8 Å². The van der Waals surface area contributed by atoms with Crippen molar-refractivity contribution >= 4 is 23.2 Å². The zero-order valence-electron chi connectivity index (χ0n) is 10.6. The minimum absolute atomic E-state index is 0.0861. The molecule has 1 aliphatic carbocycles. The van der Waals surface area contributed by atoms with E-state index >= 15 is 0 Å². The van der Waals surface area contributed by atoms with E-state index in [1.54, 1.807) is 6.07 Å². The highest BCUT2D eigenvalue weighted by Crippen LogP contribution is 2.38. The van der Waals surface area contributed by atoms with Gasteiger partial charge >= 0.3 is 0 Å².